The Kier molecular flexibility index (Phi) is 5.58. The first kappa shape index (κ1) is 17.9. The number of rotatable bonds is 4. The van der Waals surface area contributed by atoms with E-state index in [0.29, 0.717) is 6.04 Å². The highest BCUT2D eigenvalue weighted by molar-refractivity contribution is 5.94. The number of hydrogen-bond donors (Lipinski definition) is 1. The third kappa shape index (κ3) is 4.42. The van der Waals surface area contributed by atoms with Crippen LogP contribution < -0.4 is 10.2 Å². The van der Waals surface area contributed by atoms with Gasteiger partial charge in [-0.3, -0.25) is 4.79 Å². The Balaban J connectivity index is 1.38. The highest BCUT2D eigenvalue weighted by Crippen LogP contribution is 2.20. The molecule has 142 valence electrons. The van der Waals surface area contributed by atoms with Crippen molar-refractivity contribution in [3.63, 3.8) is 0 Å². The van der Waals surface area contributed by atoms with Crippen molar-refractivity contribution in [1.82, 2.24) is 4.90 Å². The number of likely N-dealkylation sites (tertiary alicyclic amines) is 1. The molecule has 0 bridgehead atoms. The van der Waals surface area contributed by atoms with Gasteiger partial charge in [-0.05, 0) is 49.2 Å². The molecule has 0 saturated carbocycles. The second-order valence-corrected chi connectivity index (χ2v) is 7.25. The molecule has 2 fully saturated rings. The molecule has 1 N–H and O–H groups in total. The molecule has 4 rings (SSSR count). The third-order valence-electron chi connectivity index (χ3n) is 5.34. The molecule has 0 aliphatic carbocycles. The van der Waals surface area contributed by atoms with Crippen LogP contribution in [0.25, 0.3) is 0 Å². The van der Waals surface area contributed by atoms with Gasteiger partial charge in [0.25, 0.3) is 5.91 Å². The first-order chi connectivity index (χ1) is 13.3. The van der Waals surface area contributed by atoms with Gasteiger partial charge in [0.15, 0.2) is 0 Å². The zero-order chi connectivity index (χ0) is 18.5. The minimum atomic E-state index is 0.128. The van der Waals surface area contributed by atoms with Crippen molar-refractivity contribution >= 4 is 17.3 Å². The van der Waals surface area contributed by atoms with Gasteiger partial charge in [0.2, 0.25) is 0 Å². The fourth-order valence-corrected chi connectivity index (χ4v) is 3.87. The van der Waals surface area contributed by atoms with E-state index >= 15 is 0 Å². The van der Waals surface area contributed by atoms with Gasteiger partial charge in [-0.15, -0.1) is 0 Å². The summed E-state index contributed by atoms with van der Waals surface area (Å²) >= 11 is 0. The van der Waals surface area contributed by atoms with Crippen LogP contribution in [0.2, 0.25) is 0 Å². The van der Waals surface area contributed by atoms with Crippen molar-refractivity contribution in [1.29, 1.82) is 0 Å². The lowest BCUT2D eigenvalue weighted by Gasteiger charge is -2.34. The quantitative estimate of drug-likeness (QED) is 0.903. The number of nitrogens with one attached hydrogen (secondary N) is 1. The molecule has 2 aliphatic rings. The Hall–Kier alpha value is -2.53. The summed E-state index contributed by atoms with van der Waals surface area (Å²) in [6.07, 6.45) is 2.12. The SMILES string of the molecule is O=C(c1ccc(N2CCOCC2)cc1)N1CCC[C@H](Nc2ccccc2)C1. The van der Waals surface area contributed by atoms with Gasteiger partial charge in [-0.2, -0.15) is 0 Å². The van der Waals surface area contributed by atoms with Crippen molar-refractivity contribution in [3.8, 4) is 0 Å². The highest BCUT2D eigenvalue weighted by atomic mass is 16.5. The number of piperidine rings is 1. The smallest absolute Gasteiger partial charge is 0.253 e. The van der Waals surface area contributed by atoms with E-state index in [1.807, 2.05) is 35.2 Å². The maximum atomic E-state index is 12.9. The fraction of sp³-hybridized carbons (Fsp3) is 0.409. The second kappa shape index (κ2) is 8.44. The summed E-state index contributed by atoms with van der Waals surface area (Å²) in [7, 11) is 0. The summed E-state index contributed by atoms with van der Waals surface area (Å²) in [6.45, 7) is 4.93. The van der Waals surface area contributed by atoms with Gasteiger partial charge in [0.05, 0.1) is 13.2 Å². The third-order valence-corrected chi connectivity index (χ3v) is 5.34. The largest absolute Gasteiger partial charge is 0.381 e. The monoisotopic (exact) mass is 365 g/mol. The predicted molar refractivity (Wildman–Crippen MR) is 108 cm³/mol. The van der Waals surface area contributed by atoms with Crippen molar-refractivity contribution in [2.45, 2.75) is 18.9 Å². The molecule has 5 nitrogen and oxygen atoms in total. The lowest BCUT2D eigenvalue weighted by atomic mass is 10.0. The molecule has 0 spiro atoms. The lowest BCUT2D eigenvalue weighted by Crippen LogP contribution is -2.45. The van der Waals surface area contributed by atoms with Gasteiger partial charge in [-0.25, -0.2) is 0 Å². The molecule has 1 amide bonds. The van der Waals surface area contributed by atoms with Crippen molar-refractivity contribution in [2.75, 3.05) is 49.6 Å². The van der Waals surface area contributed by atoms with E-state index in [2.05, 4.69) is 34.5 Å². The molecule has 2 heterocycles. The Bertz CT molecular complexity index is 742. The van der Waals surface area contributed by atoms with Crippen molar-refractivity contribution in [2.24, 2.45) is 0 Å². The molecule has 2 aromatic rings. The molecule has 2 aliphatic heterocycles. The van der Waals surface area contributed by atoms with E-state index in [9.17, 15) is 4.79 Å². The van der Waals surface area contributed by atoms with Crippen LogP contribution in [0.3, 0.4) is 0 Å². The zero-order valence-electron chi connectivity index (χ0n) is 15.6. The summed E-state index contributed by atoms with van der Waals surface area (Å²) in [6, 6.07) is 18.6. The fourth-order valence-electron chi connectivity index (χ4n) is 3.87. The molecular formula is C22H27N3O2. The van der Waals surface area contributed by atoms with E-state index in [0.717, 1.165) is 69.2 Å². The Morgan fingerprint density at radius 3 is 2.44 bits per heavy atom. The van der Waals surface area contributed by atoms with Crippen LogP contribution in [0.15, 0.2) is 54.6 Å². The number of morpholine rings is 1. The number of nitrogens with zero attached hydrogens (tertiary/aromatic N) is 2. The Morgan fingerprint density at radius 1 is 0.963 bits per heavy atom. The standard InChI is InChI=1S/C22H27N3O2/c26-22(18-8-10-21(11-9-18)24-13-15-27-16-14-24)25-12-4-7-20(17-25)23-19-5-2-1-3-6-19/h1-3,5-6,8-11,20,23H,4,7,12-17H2/t20-/m0/s1. The summed E-state index contributed by atoms with van der Waals surface area (Å²) < 4.78 is 5.41. The van der Waals surface area contributed by atoms with Crippen LogP contribution in [-0.2, 0) is 4.74 Å². The maximum Gasteiger partial charge on any atom is 0.253 e. The summed E-state index contributed by atoms with van der Waals surface area (Å²) in [5.41, 5.74) is 3.05. The molecular weight excluding hydrogens is 338 g/mol. The second-order valence-electron chi connectivity index (χ2n) is 7.25. The number of anilines is 2. The number of benzene rings is 2. The van der Waals surface area contributed by atoms with Crippen LogP contribution in [0.5, 0.6) is 0 Å². The summed E-state index contributed by atoms with van der Waals surface area (Å²) in [5, 5.41) is 3.56. The Morgan fingerprint density at radius 2 is 1.70 bits per heavy atom. The number of para-hydroxylation sites is 1. The first-order valence-electron chi connectivity index (χ1n) is 9.83. The zero-order valence-corrected chi connectivity index (χ0v) is 15.6. The van der Waals surface area contributed by atoms with Crippen LogP contribution in [-0.4, -0.2) is 56.2 Å². The minimum Gasteiger partial charge on any atom is -0.381 e. The Labute approximate surface area is 160 Å². The van der Waals surface area contributed by atoms with Gasteiger partial charge in [-0.1, -0.05) is 18.2 Å². The minimum absolute atomic E-state index is 0.128. The topological polar surface area (TPSA) is 44.8 Å². The summed E-state index contributed by atoms with van der Waals surface area (Å²) in [4.78, 5) is 17.2. The first-order valence-corrected chi connectivity index (χ1v) is 9.83. The van der Waals surface area contributed by atoms with Crippen LogP contribution in [0.1, 0.15) is 23.2 Å². The number of carbonyl (C=O) groups is 1. The molecule has 27 heavy (non-hydrogen) atoms. The van der Waals surface area contributed by atoms with E-state index in [1.54, 1.807) is 0 Å². The molecule has 0 aromatic heterocycles. The van der Waals surface area contributed by atoms with Gasteiger partial charge in [0.1, 0.15) is 0 Å². The highest BCUT2D eigenvalue weighted by Gasteiger charge is 2.24. The maximum absolute atomic E-state index is 12.9. The van der Waals surface area contributed by atoms with E-state index in [4.69, 9.17) is 4.74 Å². The molecule has 2 saturated heterocycles. The number of ether oxygens (including phenoxy) is 1. The van der Waals surface area contributed by atoms with E-state index in [1.165, 1.54) is 0 Å². The number of amides is 1. The number of carbonyl (C=O) groups excluding carboxylic acids is 1. The average Bonchev–Trinajstić information content (AvgIpc) is 2.75. The van der Waals surface area contributed by atoms with Gasteiger partial charge < -0.3 is 19.9 Å². The molecule has 2 aromatic carbocycles. The van der Waals surface area contributed by atoms with Crippen LogP contribution in [0, 0.1) is 0 Å². The average molecular weight is 365 g/mol. The van der Waals surface area contributed by atoms with E-state index in [-0.39, 0.29) is 5.91 Å². The molecule has 1 atom stereocenters. The van der Waals surface area contributed by atoms with Gasteiger partial charge in [0, 0.05) is 49.2 Å². The lowest BCUT2D eigenvalue weighted by molar-refractivity contribution is 0.0715. The van der Waals surface area contributed by atoms with Crippen LogP contribution in [0.4, 0.5) is 11.4 Å². The van der Waals surface area contributed by atoms with Gasteiger partial charge >= 0.3 is 0 Å². The van der Waals surface area contributed by atoms with Crippen molar-refractivity contribution < 1.29 is 9.53 Å². The number of hydrogen-bond acceptors (Lipinski definition) is 4. The normalized spacial score (nSPS) is 20.4. The predicted octanol–water partition coefficient (Wildman–Crippen LogP) is 3.24. The molecule has 0 radical (unpaired) electrons. The molecule has 0 unspecified atom stereocenters. The van der Waals surface area contributed by atoms with Crippen molar-refractivity contribution in [3.05, 3.63) is 60.2 Å². The van der Waals surface area contributed by atoms with Crippen LogP contribution >= 0.6 is 0 Å². The van der Waals surface area contributed by atoms with E-state index < -0.39 is 0 Å². The molecule has 5 heteroatoms. The summed E-state index contributed by atoms with van der Waals surface area (Å²) in [5.74, 6) is 0.128.